The Balaban J connectivity index is 1.82. The Labute approximate surface area is 152 Å². The van der Waals surface area contributed by atoms with Crippen LogP contribution in [0.25, 0.3) is 10.8 Å². The summed E-state index contributed by atoms with van der Waals surface area (Å²) < 4.78 is 26.5. The molecule has 0 aliphatic carbocycles. The molecule has 0 aliphatic heterocycles. The summed E-state index contributed by atoms with van der Waals surface area (Å²) in [6, 6.07) is 19.6. The molecule has 5 nitrogen and oxygen atoms in total. The van der Waals surface area contributed by atoms with Crippen molar-refractivity contribution in [2.75, 3.05) is 17.1 Å². The zero-order valence-corrected chi connectivity index (χ0v) is 15.1. The molecule has 0 aromatic heterocycles. The maximum Gasteiger partial charge on any atom is 0.335 e. The van der Waals surface area contributed by atoms with Crippen LogP contribution in [0.3, 0.4) is 0 Å². The summed E-state index contributed by atoms with van der Waals surface area (Å²) >= 11 is 0. The number of rotatable bonds is 6. The van der Waals surface area contributed by atoms with Crippen LogP contribution in [0, 0.1) is 0 Å². The monoisotopic (exact) mass is 369 g/mol. The van der Waals surface area contributed by atoms with Gasteiger partial charge in [-0.2, -0.15) is 0 Å². The predicted octanol–water partition coefficient (Wildman–Crippen LogP) is 3.55. The first-order valence-corrected chi connectivity index (χ1v) is 9.76. The summed E-state index contributed by atoms with van der Waals surface area (Å²) in [5.74, 6) is -1.15. The summed E-state index contributed by atoms with van der Waals surface area (Å²) in [6.45, 7) is 0. The molecule has 0 saturated carbocycles. The zero-order valence-electron chi connectivity index (χ0n) is 14.3. The summed E-state index contributed by atoms with van der Waals surface area (Å²) in [5.41, 5.74) is 1.36. The second-order valence-corrected chi connectivity index (χ2v) is 8.15. The zero-order chi connectivity index (χ0) is 18.7. The molecular weight excluding hydrogens is 350 g/mol. The highest BCUT2D eigenvalue weighted by molar-refractivity contribution is 7.92. The predicted molar refractivity (Wildman–Crippen MR) is 103 cm³/mol. The molecule has 0 heterocycles. The maximum atomic E-state index is 12.7. The van der Waals surface area contributed by atoms with Crippen LogP contribution in [0.5, 0.6) is 0 Å². The van der Waals surface area contributed by atoms with Crippen LogP contribution >= 0.6 is 0 Å². The molecule has 0 amide bonds. The minimum Gasteiger partial charge on any atom is -0.478 e. The van der Waals surface area contributed by atoms with E-state index in [-0.39, 0.29) is 11.3 Å². The lowest BCUT2D eigenvalue weighted by molar-refractivity contribution is 0.0697. The van der Waals surface area contributed by atoms with Gasteiger partial charge < -0.3 is 5.11 Å². The average molecular weight is 369 g/mol. The molecule has 3 aromatic rings. The minimum atomic E-state index is -3.58. The fraction of sp³-hybridized carbons (Fsp3) is 0.150. The van der Waals surface area contributed by atoms with Gasteiger partial charge >= 0.3 is 5.97 Å². The Morgan fingerprint density at radius 2 is 1.69 bits per heavy atom. The van der Waals surface area contributed by atoms with Crippen molar-refractivity contribution in [2.24, 2.45) is 0 Å². The number of carboxylic acids is 1. The molecule has 0 bridgehead atoms. The van der Waals surface area contributed by atoms with Crippen LogP contribution in [0.1, 0.15) is 15.9 Å². The SMILES string of the molecule is CN(c1cccc(C(=O)O)c1)S(=O)(=O)CCc1cccc2ccccc12. The Kier molecular flexibility index (Phi) is 4.95. The lowest BCUT2D eigenvalue weighted by Crippen LogP contribution is -2.30. The molecule has 0 saturated heterocycles. The molecule has 0 atom stereocenters. The van der Waals surface area contributed by atoms with Gasteiger partial charge in [-0.05, 0) is 41.0 Å². The van der Waals surface area contributed by atoms with E-state index in [1.165, 1.54) is 25.2 Å². The minimum absolute atomic E-state index is 0.0543. The van der Waals surface area contributed by atoms with Crippen molar-refractivity contribution >= 4 is 32.5 Å². The van der Waals surface area contributed by atoms with Crippen LogP contribution in [-0.4, -0.2) is 32.3 Å². The van der Waals surface area contributed by atoms with Gasteiger partial charge in [0.15, 0.2) is 0 Å². The van der Waals surface area contributed by atoms with E-state index in [0.717, 1.165) is 20.6 Å². The van der Waals surface area contributed by atoms with Gasteiger partial charge in [-0.3, -0.25) is 4.31 Å². The Morgan fingerprint density at radius 3 is 2.46 bits per heavy atom. The van der Waals surface area contributed by atoms with E-state index in [2.05, 4.69) is 0 Å². The Bertz CT molecular complexity index is 1050. The molecule has 0 spiro atoms. The van der Waals surface area contributed by atoms with Crippen molar-refractivity contribution < 1.29 is 18.3 Å². The number of benzene rings is 3. The molecule has 0 unspecified atom stereocenters. The normalized spacial score (nSPS) is 11.4. The number of hydrogen-bond donors (Lipinski definition) is 1. The van der Waals surface area contributed by atoms with Crippen molar-refractivity contribution in [3.05, 3.63) is 77.9 Å². The number of sulfonamides is 1. The van der Waals surface area contributed by atoms with Crippen LogP contribution in [0.2, 0.25) is 0 Å². The number of aryl methyl sites for hydroxylation is 1. The molecule has 3 rings (SSSR count). The summed E-state index contributed by atoms with van der Waals surface area (Å²) in [4.78, 5) is 11.1. The highest BCUT2D eigenvalue weighted by atomic mass is 32.2. The second kappa shape index (κ2) is 7.17. The highest BCUT2D eigenvalue weighted by Crippen LogP contribution is 2.22. The number of carbonyl (C=O) groups is 1. The van der Waals surface area contributed by atoms with Crippen molar-refractivity contribution in [1.29, 1.82) is 0 Å². The third kappa shape index (κ3) is 3.70. The van der Waals surface area contributed by atoms with Gasteiger partial charge in [-0.25, -0.2) is 13.2 Å². The molecule has 1 N–H and O–H groups in total. The van der Waals surface area contributed by atoms with Gasteiger partial charge in [-0.1, -0.05) is 48.5 Å². The van der Waals surface area contributed by atoms with E-state index >= 15 is 0 Å². The lowest BCUT2D eigenvalue weighted by Gasteiger charge is -2.20. The van der Waals surface area contributed by atoms with Gasteiger partial charge in [0.25, 0.3) is 0 Å². The second-order valence-electron chi connectivity index (χ2n) is 6.03. The smallest absolute Gasteiger partial charge is 0.335 e. The van der Waals surface area contributed by atoms with Crippen LogP contribution in [0.15, 0.2) is 66.7 Å². The Hall–Kier alpha value is -2.86. The van der Waals surface area contributed by atoms with Crippen molar-refractivity contribution in [2.45, 2.75) is 6.42 Å². The number of carboxylic acid groups (broad SMARTS) is 1. The number of fused-ring (bicyclic) bond motifs is 1. The summed E-state index contributed by atoms with van der Waals surface area (Å²) in [7, 11) is -2.14. The van der Waals surface area contributed by atoms with Gasteiger partial charge in [0.1, 0.15) is 0 Å². The third-order valence-corrected chi connectivity index (χ3v) is 6.15. The maximum absolute atomic E-state index is 12.7. The van der Waals surface area contributed by atoms with Crippen LogP contribution < -0.4 is 4.31 Å². The molecular formula is C20H19NO4S. The summed E-state index contributed by atoms with van der Waals surface area (Å²) in [5, 5.41) is 11.2. The number of hydrogen-bond acceptors (Lipinski definition) is 3. The third-order valence-electron chi connectivity index (χ3n) is 4.38. The number of aromatic carboxylic acids is 1. The fourth-order valence-corrected chi connectivity index (χ4v) is 4.07. The highest BCUT2D eigenvalue weighted by Gasteiger charge is 2.19. The van der Waals surface area contributed by atoms with Crippen molar-refractivity contribution in [1.82, 2.24) is 0 Å². The topological polar surface area (TPSA) is 74.7 Å². The molecule has 0 aliphatic rings. The van der Waals surface area contributed by atoms with Crippen molar-refractivity contribution in [3.63, 3.8) is 0 Å². The first-order valence-electron chi connectivity index (χ1n) is 8.15. The Morgan fingerprint density at radius 1 is 1.00 bits per heavy atom. The molecule has 0 fully saturated rings. The van der Waals surface area contributed by atoms with Crippen molar-refractivity contribution in [3.8, 4) is 0 Å². The van der Waals surface area contributed by atoms with E-state index in [4.69, 9.17) is 5.11 Å². The average Bonchev–Trinajstić information content (AvgIpc) is 2.65. The van der Waals surface area contributed by atoms with Gasteiger partial charge in [0, 0.05) is 7.05 Å². The first kappa shape index (κ1) is 17.9. The van der Waals surface area contributed by atoms with E-state index in [1.807, 2.05) is 42.5 Å². The quantitative estimate of drug-likeness (QED) is 0.721. The molecule has 26 heavy (non-hydrogen) atoms. The largest absolute Gasteiger partial charge is 0.478 e. The van der Waals surface area contributed by atoms with E-state index in [1.54, 1.807) is 6.07 Å². The molecule has 0 radical (unpaired) electrons. The van der Waals surface area contributed by atoms with Gasteiger partial charge in [0.05, 0.1) is 17.0 Å². The van der Waals surface area contributed by atoms with E-state index in [9.17, 15) is 13.2 Å². The lowest BCUT2D eigenvalue weighted by atomic mass is 10.0. The molecule has 3 aromatic carbocycles. The van der Waals surface area contributed by atoms with Gasteiger partial charge in [-0.15, -0.1) is 0 Å². The fourth-order valence-electron chi connectivity index (χ4n) is 2.88. The van der Waals surface area contributed by atoms with Crippen LogP contribution in [0.4, 0.5) is 5.69 Å². The van der Waals surface area contributed by atoms with Crippen LogP contribution in [-0.2, 0) is 16.4 Å². The first-order chi connectivity index (χ1) is 12.4. The van der Waals surface area contributed by atoms with E-state index in [0.29, 0.717) is 12.1 Å². The number of anilines is 1. The summed E-state index contributed by atoms with van der Waals surface area (Å²) in [6.07, 6.45) is 0.382. The van der Waals surface area contributed by atoms with Gasteiger partial charge in [0.2, 0.25) is 10.0 Å². The standard InChI is InChI=1S/C20H19NO4S/c1-21(18-10-5-9-17(14-18)20(22)23)26(24,25)13-12-16-8-4-7-15-6-2-3-11-19(15)16/h2-11,14H,12-13H2,1H3,(H,22,23). The molecule has 134 valence electrons. The number of nitrogens with zero attached hydrogens (tertiary/aromatic N) is 1. The van der Waals surface area contributed by atoms with E-state index < -0.39 is 16.0 Å². The molecule has 6 heteroatoms.